The van der Waals surface area contributed by atoms with E-state index in [0.717, 1.165) is 22.6 Å². The topological polar surface area (TPSA) is 204 Å². The predicted octanol–water partition coefficient (Wildman–Crippen LogP) is 2.87. The third-order valence-electron chi connectivity index (χ3n) is 9.76. The van der Waals surface area contributed by atoms with Crippen molar-refractivity contribution in [2.75, 3.05) is 27.2 Å². The van der Waals surface area contributed by atoms with Gasteiger partial charge in [-0.1, -0.05) is 66.7 Å². The van der Waals surface area contributed by atoms with Gasteiger partial charge in [-0.25, -0.2) is 4.79 Å². The first-order valence-electron chi connectivity index (χ1n) is 19.3. The van der Waals surface area contributed by atoms with Crippen LogP contribution in [0.25, 0.3) is 0 Å². The maximum Gasteiger partial charge on any atom is 0.329 e. The molecule has 316 valence electrons. The van der Waals surface area contributed by atoms with Crippen LogP contribution >= 0.6 is 0 Å². The highest BCUT2D eigenvalue weighted by Crippen LogP contribution is 2.30. The fraction of sp³-hybridized carbons (Fsp3) is 0.595. The van der Waals surface area contributed by atoms with E-state index in [2.05, 4.69) is 21.3 Å². The first-order chi connectivity index (χ1) is 26.2. The number of esters is 1. The molecule has 1 heterocycles. The van der Waals surface area contributed by atoms with Gasteiger partial charge in [0.15, 0.2) is 0 Å². The summed E-state index contributed by atoms with van der Waals surface area (Å²) in [5.41, 5.74) is -1.30. The summed E-state index contributed by atoms with van der Waals surface area (Å²) in [7, 11) is 3.29. The minimum absolute atomic E-state index is 0.0136. The zero-order chi connectivity index (χ0) is 43.6. The highest BCUT2D eigenvalue weighted by molar-refractivity contribution is 6.12. The van der Waals surface area contributed by atoms with Crippen molar-refractivity contribution in [3.05, 3.63) is 53.6 Å². The van der Waals surface area contributed by atoms with Gasteiger partial charge in [0, 0.05) is 49.7 Å². The van der Waals surface area contributed by atoms with Crippen LogP contribution in [0.5, 0.6) is 5.75 Å². The molecule has 15 nitrogen and oxygen atoms in total. The maximum absolute atomic E-state index is 14.3. The Kier molecular flexibility index (Phi) is 16.8. The number of phenols is 1. The number of hydrogen-bond donors (Lipinski definition) is 5. The van der Waals surface area contributed by atoms with Crippen molar-refractivity contribution in [1.82, 2.24) is 31.1 Å². The van der Waals surface area contributed by atoms with Crippen molar-refractivity contribution in [3.8, 4) is 5.75 Å². The van der Waals surface area contributed by atoms with Crippen molar-refractivity contribution >= 4 is 41.4 Å². The molecule has 1 aliphatic heterocycles. The first-order valence-corrected chi connectivity index (χ1v) is 19.3. The highest BCUT2D eigenvalue weighted by Gasteiger charge is 2.42. The van der Waals surface area contributed by atoms with Crippen LogP contribution < -0.4 is 21.3 Å². The predicted molar refractivity (Wildman–Crippen MR) is 216 cm³/mol. The molecule has 0 aliphatic carbocycles. The quantitative estimate of drug-likeness (QED) is 0.0836. The molecule has 1 aliphatic rings. The monoisotopic (exact) mass is 796 g/mol. The van der Waals surface area contributed by atoms with Crippen LogP contribution in [-0.2, 0) is 43.7 Å². The summed E-state index contributed by atoms with van der Waals surface area (Å²) in [6.07, 6.45) is 3.68. The summed E-state index contributed by atoms with van der Waals surface area (Å²) >= 11 is 0. The molecule has 1 aromatic carbocycles. The molecule has 6 amide bonds. The zero-order valence-electron chi connectivity index (χ0n) is 35.9. The molecule has 4 atom stereocenters. The summed E-state index contributed by atoms with van der Waals surface area (Å²) in [6.45, 7) is 19.8. The normalized spacial score (nSPS) is 15.8. The van der Waals surface area contributed by atoms with Gasteiger partial charge in [-0.15, -0.1) is 0 Å². The van der Waals surface area contributed by atoms with Crippen molar-refractivity contribution in [2.24, 2.45) is 11.3 Å². The van der Waals surface area contributed by atoms with Crippen LogP contribution in [0, 0.1) is 11.3 Å². The molecule has 1 unspecified atom stereocenters. The third kappa shape index (κ3) is 13.8. The number of nitrogens with zero attached hydrogens (tertiary/aromatic N) is 2. The van der Waals surface area contributed by atoms with Gasteiger partial charge >= 0.3 is 5.97 Å². The lowest BCUT2D eigenvalue weighted by Crippen LogP contribution is -2.61. The van der Waals surface area contributed by atoms with Gasteiger partial charge in [0.05, 0.1) is 12.1 Å². The Bertz CT molecular complexity index is 1680. The first kappa shape index (κ1) is 48.1. The Morgan fingerprint density at radius 3 is 1.95 bits per heavy atom. The number of rotatable bonds is 18. The molecular weight excluding hydrogens is 732 g/mol. The second kappa shape index (κ2) is 19.9. The summed E-state index contributed by atoms with van der Waals surface area (Å²) in [6, 6.07) is 3.12. The fourth-order valence-electron chi connectivity index (χ4n) is 6.40. The molecule has 15 heteroatoms. The van der Waals surface area contributed by atoms with E-state index >= 15 is 0 Å². The zero-order valence-corrected chi connectivity index (χ0v) is 35.9. The molecule has 1 aromatic rings. The van der Waals surface area contributed by atoms with Crippen LogP contribution in [0.2, 0.25) is 0 Å². The number of nitrogens with one attached hydrogen (secondary N) is 4. The summed E-state index contributed by atoms with van der Waals surface area (Å²) < 4.78 is 5.54. The second-order valence-corrected chi connectivity index (χ2v) is 17.4. The van der Waals surface area contributed by atoms with Crippen LogP contribution in [0.1, 0.15) is 94.6 Å². The van der Waals surface area contributed by atoms with E-state index in [4.69, 9.17) is 4.74 Å². The molecule has 0 saturated carbocycles. The Hall–Kier alpha value is -5.05. The Balaban J connectivity index is 2.25. The molecule has 0 bridgehead atoms. The molecule has 0 spiro atoms. The van der Waals surface area contributed by atoms with E-state index < -0.39 is 70.2 Å². The second-order valence-electron chi connectivity index (χ2n) is 17.4. The van der Waals surface area contributed by atoms with Gasteiger partial charge in [-0.3, -0.25) is 33.7 Å². The number of benzene rings is 1. The van der Waals surface area contributed by atoms with Crippen molar-refractivity contribution < 1.29 is 43.4 Å². The number of carbonyl (C=O) groups excluding carboxylic acids is 7. The average Bonchev–Trinajstić information content (AvgIpc) is 3.41. The molecule has 0 aromatic heterocycles. The smallest absolute Gasteiger partial charge is 0.329 e. The molecule has 0 saturated heterocycles. The Labute approximate surface area is 337 Å². The lowest BCUT2D eigenvalue weighted by Gasteiger charge is -2.40. The van der Waals surface area contributed by atoms with Crippen LogP contribution in [0.15, 0.2) is 48.1 Å². The number of amides is 6. The van der Waals surface area contributed by atoms with E-state index in [1.165, 1.54) is 4.90 Å². The van der Waals surface area contributed by atoms with Crippen LogP contribution in [0.3, 0.4) is 0 Å². The van der Waals surface area contributed by atoms with Crippen LogP contribution in [0.4, 0.5) is 0 Å². The fourth-order valence-corrected chi connectivity index (χ4v) is 6.40. The molecule has 57 heavy (non-hydrogen) atoms. The SMILES string of the molecule is CN[C@H](C(=O)NC(C(=O)N(C)[C@H](/C=C(\C)C(=O)N[C@H](CCC(=O)NCCN1C(=O)C=CC1=O)C(=O)OC(C)(C)C)C(C)C)C(C)(C)C)C(C)(C)c1ccc(O)cc1. The van der Waals surface area contributed by atoms with Gasteiger partial charge < -0.3 is 36.0 Å². The molecular formula is C42H64N6O9. The standard InChI is InChI=1S/C42H64N6O9/c1-25(2)30(47(13)38(55)35(40(4,5)6)46-37(54)34(43-12)42(10,11)27-14-16-28(49)17-15-27)24-26(3)36(53)45-29(39(56)57-41(7,8)9)18-19-31(50)44-22-23-48-32(51)20-21-33(48)52/h14-17,20-21,24-25,29-30,34-35,43,49H,18-19,22-23H2,1-13H3,(H,44,50)(H,45,53)(H,46,54)/b26-24+/t29-,30-,34-,35?/m1/s1. The average molecular weight is 797 g/mol. The summed E-state index contributed by atoms with van der Waals surface area (Å²) in [5, 5.41) is 21.2. The largest absolute Gasteiger partial charge is 0.508 e. The number of imide groups is 1. The van der Waals surface area contributed by atoms with Gasteiger partial charge in [0.2, 0.25) is 23.6 Å². The summed E-state index contributed by atoms with van der Waals surface area (Å²) in [5.74, 6) is -3.56. The van der Waals surface area contributed by atoms with E-state index in [-0.39, 0.29) is 55.0 Å². The minimum atomic E-state index is -1.19. The van der Waals surface area contributed by atoms with Crippen LogP contribution in [-0.4, -0.2) is 113 Å². The Morgan fingerprint density at radius 1 is 0.895 bits per heavy atom. The molecule has 0 radical (unpaired) electrons. The lowest BCUT2D eigenvalue weighted by molar-refractivity contribution is -0.158. The number of aromatic hydroxyl groups is 1. The van der Waals surface area contributed by atoms with Gasteiger partial charge in [0.25, 0.3) is 11.8 Å². The molecule has 5 N–H and O–H groups in total. The number of phenolic OH excluding ortho intramolecular Hbond substituents is 1. The van der Waals surface area contributed by atoms with Gasteiger partial charge in [-0.05, 0) is 70.2 Å². The lowest BCUT2D eigenvalue weighted by atomic mass is 9.76. The maximum atomic E-state index is 14.3. The van der Waals surface area contributed by atoms with E-state index in [9.17, 15) is 38.7 Å². The number of carbonyl (C=O) groups is 7. The molecule has 2 rings (SSSR count). The number of likely N-dealkylation sites (N-methyl/N-ethyl adjacent to an activating group) is 2. The van der Waals surface area contributed by atoms with Crippen molar-refractivity contribution in [2.45, 2.75) is 124 Å². The van der Waals surface area contributed by atoms with Crippen molar-refractivity contribution in [1.29, 1.82) is 0 Å². The number of ether oxygens (including phenoxy) is 1. The minimum Gasteiger partial charge on any atom is -0.508 e. The summed E-state index contributed by atoms with van der Waals surface area (Å²) in [4.78, 5) is 93.8. The highest BCUT2D eigenvalue weighted by atomic mass is 16.6. The number of hydrogen-bond acceptors (Lipinski definition) is 10. The Morgan fingerprint density at radius 2 is 1.46 bits per heavy atom. The van der Waals surface area contributed by atoms with Gasteiger partial charge in [0.1, 0.15) is 23.4 Å². The van der Waals surface area contributed by atoms with E-state index in [0.29, 0.717) is 0 Å². The third-order valence-corrected chi connectivity index (χ3v) is 9.76. The van der Waals surface area contributed by atoms with E-state index in [1.807, 2.05) is 48.5 Å². The van der Waals surface area contributed by atoms with E-state index in [1.54, 1.807) is 72.1 Å². The molecule has 0 fully saturated rings. The van der Waals surface area contributed by atoms with Crippen molar-refractivity contribution in [3.63, 3.8) is 0 Å². The van der Waals surface area contributed by atoms with Gasteiger partial charge in [-0.2, -0.15) is 0 Å².